The van der Waals surface area contributed by atoms with Gasteiger partial charge >= 0.3 is 6.18 Å². The number of amides is 2. The number of carbonyl (C=O) groups excluding carboxylic acids is 2. The summed E-state index contributed by atoms with van der Waals surface area (Å²) in [4.78, 5) is 33.3. The van der Waals surface area contributed by atoms with Crippen molar-refractivity contribution in [1.82, 2.24) is 20.2 Å². The zero-order chi connectivity index (χ0) is 26.7. The fourth-order valence-corrected chi connectivity index (χ4v) is 3.95. The number of rotatable bonds is 6. The van der Waals surface area contributed by atoms with Crippen LogP contribution >= 0.6 is 0 Å². The Morgan fingerprint density at radius 3 is 2.62 bits per heavy atom. The lowest BCUT2D eigenvalue weighted by Crippen LogP contribution is -2.43. The van der Waals surface area contributed by atoms with Crippen LogP contribution in [0.4, 0.5) is 17.6 Å². The Labute approximate surface area is 209 Å². The van der Waals surface area contributed by atoms with Crippen molar-refractivity contribution in [2.45, 2.75) is 18.6 Å². The van der Waals surface area contributed by atoms with Gasteiger partial charge in [-0.2, -0.15) is 13.2 Å². The molecule has 0 fully saturated rings. The van der Waals surface area contributed by atoms with Gasteiger partial charge in [0, 0.05) is 37.0 Å². The lowest BCUT2D eigenvalue weighted by Gasteiger charge is -2.28. The molecule has 4 rings (SSSR count). The Morgan fingerprint density at radius 1 is 1.19 bits per heavy atom. The number of alkyl halides is 3. The van der Waals surface area contributed by atoms with Gasteiger partial charge in [0.1, 0.15) is 24.6 Å². The second-order valence-corrected chi connectivity index (χ2v) is 8.39. The van der Waals surface area contributed by atoms with Gasteiger partial charge in [0.15, 0.2) is 5.82 Å². The van der Waals surface area contributed by atoms with Crippen LogP contribution < -0.4 is 14.8 Å². The maximum atomic E-state index is 14.2. The third-order valence-electron chi connectivity index (χ3n) is 5.68. The first-order valence-corrected chi connectivity index (χ1v) is 11.1. The number of fused-ring (bicyclic) bond motifs is 1. The average Bonchev–Trinajstić information content (AvgIpc) is 2.87. The van der Waals surface area contributed by atoms with E-state index in [1.165, 1.54) is 31.5 Å². The van der Waals surface area contributed by atoms with E-state index in [1.807, 2.05) is 0 Å². The van der Waals surface area contributed by atoms with Crippen LogP contribution in [0.5, 0.6) is 11.6 Å². The van der Waals surface area contributed by atoms with Crippen LogP contribution in [0.2, 0.25) is 0 Å². The number of aromatic nitrogens is 2. The van der Waals surface area contributed by atoms with Gasteiger partial charge in [0.2, 0.25) is 5.88 Å². The first-order valence-electron chi connectivity index (χ1n) is 11.1. The van der Waals surface area contributed by atoms with E-state index >= 15 is 0 Å². The van der Waals surface area contributed by atoms with Gasteiger partial charge in [-0.05, 0) is 29.8 Å². The Bertz CT molecular complexity index is 1320. The monoisotopic (exact) mass is 518 g/mol. The lowest BCUT2D eigenvalue weighted by molar-refractivity contribution is -0.138. The highest BCUT2D eigenvalue weighted by molar-refractivity contribution is 5.96. The van der Waals surface area contributed by atoms with E-state index in [1.54, 1.807) is 18.2 Å². The van der Waals surface area contributed by atoms with Gasteiger partial charge < -0.3 is 19.7 Å². The number of hydrogen-bond donors (Lipinski definition) is 1. The van der Waals surface area contributed by atoms with Gasteiger partial charge in [-0.1, -0.05) is 12.1 Å². The average molecular weight is 518 g/mol. The summed E-state index contributed by atoms with van der Waals surface area (Å²) < 4.78 is 62.5. The number of pyridine rings is 2. The SMILES string of the molecule is COc1ncc(-c2cccc3c2C[C@H](NC(=O)c2ccc(C(=O)N(C)CC(F)(F)F)nc2)CO3)cc1F. The van der Waals surface area contributed by atoms with Crippen LogP contribution in [-0.4, -0.2) is 66.2 Å². The van der Waals surface area contributed by atoms with Crippen LogP contribution in [0.25, 0.3) is 11.1 Å². The molecule has 3 heterocycles. The smallest absolute Gasteiger partial charge is 0.406 e. The minimum absolute atomic E-state index is 0.121. The number of nitrogens with zero attached hydrogens (tertiary/aromatic N) is 3. The van der Waals surface area contributed by atoms with E-state index in [4.69, 9.17) is 9.47 Å². The number of nitrogens with one attached hydrogen (secondary N) is 1. The fourth-order valence-electron chi connectivity index (χ4n) is 3.95. The molecule has 0 bridgehead atoms. The summed E-state index contributed by atoms with van der Waals surface area (Å²) >= 11 is 0. The first kappa shape index (κ1) is 25.9. The molecule has 1 N–H and O–H groups in total. The minimum atomic E-state index is -4.54. The largest absolute Gasteiger partial charge is 0.491 e. The van der Waals surface area contributed by atoms with E-state index in [0.717, 1.165) is 18.8 Å². The van der Waals surface area contributed by atoms with Gasteiger partial charge in [-0.25, -0.2) is 9.37 Å². The number of ether oxygens (including phenoxy) is 2. The summed E-state index contributed by atoms with van der Waals surface area (Å²) in [5, 5.41) is 2.83. The van der Waals surface area contributed by atoms with Crippen molar-refractivity contribution < 1.29 is 36.6 Å². The highest BCUT2D eigenvalue weighted by Crippen LogP contribution is 2.35. The summed E-state index contributed by atoms with van der Waals surface area (Å²) in [5.41, 5.74) is 1.87. The zero-order valence-electron chi connectivity index (χ0n) is 19.8. The van der Waals surface area contributed by atoms with E-state index in [0.29, 0.717) is 28.2 Å². The molecule has 194 valence electrons. The molecule has 1 atom stereocenters. The molecular formula is C25H22F4N4O4. The van der Waals surface area contributed by atoms with Crippen molar-refractivity contribution in [1.29, 1.82) is 0 Å². The second-order valence-electron chi connectivity index (χ2n) is 8.39. The Hall–Kier alpha value is -4.22. The molecule has 2 aromatic heterocycles. The topological polar surface area (TPSA) is 93.6 Å². The summed E-state index contributed by atoms with van der Waals surface area (Å²) in [6.07, 6.45) is -1.54. The lowest BCUT2D eigenvalue weighted by atomic mass is 9.93. The Balaban J connectivity index is 1.46. The van der Waals surface area contributed by atoms with Crippen molar-refractivity contribution in [2.75, 3.05) is 27.3 Å². The third-order valence-corrected chi connectivity index (χ3v) is 5.68. The molecule has 3 aromatic rings. The van der Waals surface area contributed by atoms with Crippen molar-refractivity contribution in [3.8, 4) is 22.8 Å². The maximum Gasteiger partial charge on any atom is 0.406 e. The summed E-state index contributed by atoms with van der Waals surface area (Å²) in [6, 6.07) is 8.73. The molecule has 1 aliphatic heterocycles. The van der Waals surface area contributed by atoms with Crippen LogP contribution in [0.15, 0.2) is 48.8 Å². The Morgan fingerprint density at radius 2 is 1.97 bits per heavy atom. The third kappa shape index (κ3) is 5.96. The van der Waals surface area contributed by atoms with Gasteiger partial charge in [0.05, 0.1) is 18.7 Å². The molecule has 0 unspecified atom stereocenters. The summed E-state index contributed by atoms with van der Waals surface area (Å²) in [7, 11) is 2.34. The molecule has 37 heavy (non-hydrogen) atoms. The highest BCUT2D eigenvalue weighted by atomic mass is 19.4. The molecule has 0 radical (unpaired) electrons. The van der Waals surface area contributed by atoms with Crippen LogP contribution in [0.3, 0.4) is 0 Å². The second kappa shape index (κ2) is 10.4. The molecule has 1 aliphatic rings. The van der Waals surface area contributed by atoms with Gasteiger partial charge in [-0.15, -0.1) is 0 Å². The summed E-state index contributed by atoms with van der Waals surface area (Å²) in [5.74, 6) is -1.55. The van der Waals surface area contributed by atoms with E-state index in [-0.39, 0.29) is 23.7 Å². The van der Waals surface area contributed by atoms with Gasteiger partial charge in [0.25, 0.3) is 11.8 Å². The maximum absolute atomic E-state index is 14.2. The number of benzene rings is 1. The number of hydrogen-bond acceptors (Lipinski definition) is 6. The van der Waals surface area contributed by atoms with Crippen molar-refractivity contribution in [3.05, 3.63) is 71.4 Å². The zero-order valence-corrected chi connectivity index (χ0v) is 19.8. The van der Waals surface area contributed by atoms with E-state index < -0.39 is 36.4 Å². The number of methoxy groups -OCH3 is 1. The van der Waals surface area contributed by atoms with Gasteiger partial charge in [-0.3, -0.25) is 14.6 Å². The number of halogens is 4. The van der Waals surface area contributed by atoms with Crippen LogP contribution in [-0.2, 0) is 6.42 Å². The molecule has 0 spiro atoms. The van der Waals surface area contributed by atoms with Crippen molar-refractivity contribution >= 4 is 11.8 Å². The van der Waals surface area contributed by atoms with Crippen molar-refractivity contribution in [3.63, 3.8) is 0 Å². The predicted octanol–water partition coefficient (Wildman–Crippen LogP) is 3.66. The quantitative estimate of drug-likeness (QED) is 0.501. The highest BCUT2D eigenvalue weighted by Gasteiger charge is 2.32. The van der Waals surface area contributed by atoms with Crippen LogP contribution in [0.1, 0.15) is 26.4 Å². The number of carbonyl (C=O) groups is 2. The molecule has 12 heteroatoms. The molecule has 1 aromatic carbocycles. The Kier molecular flexibility index (Phi) is 7.28. The minimum Gasteiger partial charge on any atom is -0.491 e. The molecule has 2 amide bonds. The normalized spacial score (nSPS) is 14.8. The predicted molar refractivity (Wildman–Crippen MR) is 124 cm³/mol. The van der Waals surface area contributed by atoms with E-state index in [9.17, 15) is 27.2 Å². The molecule has 0 saturated heterocycles. The summed E-state index contributed by atoms with van der Waals surface area (Å²) in [6.45, 7) is -1.23. The molecule has 8 nitrogen and oxygen atoms in total. The van der Waals surface area contributed by atoms with E-state index in [2.05, 4.69) is 15.3 Å². The first-order chi connectivity index (χ1) is 17.6. The van der Waals surface area contributed by atoms with Crippen molar-refractivity contribution in [2.24, 2.45) is 0 Å². The van der Waals surface area contributed by atoms with Crippen LogP contribution in [0, 0.1) is 5.82 Å². The standard InChI is InChI=1S/C25H22F4N4O4/c1-33(13-25(27,28)29)24(35)20-7-6-14(10-30-20)22(34)32-16-9-18-17(4-3-5-21(18)37-12-16)15-8-19(26)23(36-2)31-11-15/h3-8,10-11,16H,9,12-13H2,1-2H3,(H,32,34)/t16-/m0/s1. The molecular weight excluding hydrogens is 496 g/mol. The molecule has 0 aliphatic carbocycles. The fraction of sp³-hybridized carbons (Fsp3) is 0.280. The molecule has 0 saturated carbocycles.